The Morgan fingerprint density at radius 3 is 2.10 bits per heavy atom. The van der Waals surface area contributed by atoms with E-state index in [1.54, 1.807) is 0 Å². The maximum atomic E-state index is 14.6. The van der Waals surface area contributed by atoms with Crippen molar-refractivity contribution in [3.63, 3.8) is 0 Å². The Bertz CT molecular complexity index is 1820. The van der Waals surface area contributed by atoms with Crippen LogP contribution < -0.4 is 19.1 Å². The molecule has 1 atom stereocenters. The van der Waals surface area contributed by atoms with Gasteiger partial charge in [0.1, 0.15) is 31.6 Å². The Morgan fingerprint density at radius 2 is 1.44 bits per heavy atom. The number of nitrogens with one attached hydrogen (secondary N) is 1. The van der Waals surface area contributed by atoms with Gasteiger partial charge in [-0.15, -0.1) is 0 Å². The molecule has 0 radical (unpaired) electrons. The van der Waals surface area contributed by atoms with Crippen molar-refractivity contribution in [2.24, 2.45) is 0 Å². The molecule has 2 aliphatic rings. The third-order valence-electron chi connectivity index (χ3n) is 8.66. The van der Waals surface area contributed by atoms with Gasteiger partial charge in [-0.05, 0) is 60.4 Å². The van der Waals surface area contributed by atoms with Gasteiger partial charge in [-0.2, -0.15) is 0 Å². The molecule has 250 valence electrons. The zero-order valence-corrected chi connectivity index (χ0v) is 27.3. The van der Waals surface area contributed by atoms with Gasteiger partial charge in [0, 0.05) is 25.1 Å². The van der Waals surface area contributed by atoms with E-state index in [9.17, 15) is 22.4 Å². The molecule has 1 N–H and O–H groups in total. The molecule has 1 aliphatic carbocycles. The van der Waals surface area contributed by atoms with Crippen LogP contribution in [0.3, 0.4) is 0 Å². The van der Waals surface area contributed by atoms with Crippen LogP contribution in [0, 0.1) is 5.82 Å². The highest BCUT2D eigenvalue weighted by Gasteiger charge is 2.36. The summed E-state index contributed by atoms with van der Waals surface area (Å²) in [6, 6.07) is 26.9. The van der Waals surface area contributed by atoms with Crippen LogP contribution in [0.15, 0.2) is 108 Å². The number of hydrogen-bond donors (Lipinski definition) is 1. The fourth-order valence-corrected chi connectivity index (χ4v) is 7.58. The van der Waals surface area contributed by atoms with Gasteiger partial charge >= 0.3 is 0 Å². The van der Waals surface area contributed by atoms with Crippen LogP contribution in [0.5, 0.6) is 11.5 Å². The molecule has 1 saturated carbocycles. The normalized spacial score (nSPS) is 15.0. The smallest absolute Gasteiger partial charge is 0.264 e. The van der Waals surface area contributed by atoms with Gasteiger partial charge < -0.3 is 19.7 Å². The maximum absolute atomic E-state index is 14.6. The van der Waals surface area contributed by atoms with E-state index in [-0.39, 0.29) is 47.9 Å². The van der Waals surface area contributed by atoms with Crippen LogP contribution in [0.25, 0.3) is 0 Å². The van der Waals surface area contributed by atoms with E-state index < -0.39 is 34.3 Å². The van der Waals surface area contributed by atoms with Gasteiger partial charge in [-0.1, -0.05) is 73.5 Å². The molecule has 1 aliphatic heterocycles. The first kappa shape index (κ1) is 33.0. The topological polar surface area (TPSA) is 105 Å². The van der Waals surface area contributed by atoms with Crippen molar-refractivity contribution in [1.29, 1.82) is 0 Å². The summed E-state index contributed by atoms with van der Waals surface area (Å²) in [5, 5.41) is 3.16. The average Bonchev–Trinajstić information content (AvgIpc) is 3.62. The number of hydrogen-bond acceptors (Lipinski definition) is 6. The summed E-state index contributed by atoms with van der Waals surface area (Å²) < 4.78 is 54.9. The van der Waals surface area contributed by atoms with Crippen LogP contribution >= 0.6 is 0 Å². The Kier molecular flexibility index (Phi) is 10.2. The van der Waals surface area contributed by atoms with Gasteiger partial charge in [0.25, 0.3) is 10.0 Å². The van der Waals surface area contributed by atoms with Crippen molar-refractivity contribution in [2.75, 3.05) is 24.1 Å². The van der Waals surface area contributed by atoms with E-state index in [4.69, 9.17) is 9.47 Å². The summed E-state index contributed by atoms with van der Waals surface area (Å²) in [5.74, 6) is -0.760. The lowest BCUT2D eigenvalue weighted by molar-refractivity contribution is -0.140. The lowest BCUT2D eigenvalue weighted by Crippen LogP contribution is -2.54. The Labute approximate surface area is 280 Å². The summed E-state index contributed by atoms with van der Waals surface area (Å²) in [6.07, 6.45) is 3.99. The first-order valence-electron chi connectivity index (χ1n) is 16.1. The van der Waals surface area contributed by atoms with Crippen LogP contribution in [0.1, 0.15) is 36.8 Å². The largest absolute Gasteiger partial charge is 0.486 e. The molecule has 11 heteroatoms. The Balaban J connectivity index is 1.39. The van der Waals surface area contributed by atoms with Crippen molar-refractivity contribution in [3.8, 4) is 11.5 Å². The molecular formula is C37H38FN3O6S. The number of rotatable bonds is 12. The quantitative estimate of drug-likeness (QED) is 0.214. The minimum Gasteiger partial charge on any atom is -0.486 e. The Morgan fingerprint density at radius 1 is 0.812 bits per heavy atom. The first-order chi connectivity index (χ1) is 23.3. The molecular weight excluding hydrogens is 633 g/mol. The van der Waals surface area contributed by atoms with E-state index in [0.29, 0.717) is 12.4 Å². The molecule has 0 aromatic heterocycles. The van der Waals surface area contributed by atoms with Crippen molar-refractivity contribution in [1.82, 2.24) is 10.2 Å². The second-order valence-corrected chi connectivity index (χ2v) is 13.9. The van der Waals surface area contributed by atoms with Crippen LogP contribution in [0.2, 0.25) is 0 Å². The number of anilines is 1. The van der Waals surface area contributed by atoms with E-state index in [1.807, 2.05) is 60.7 Å². The molecule has 0 saturated heterocycles. The number of nitrogens with zero attached hydrogens (tertiary/aromatic N) is 2. The maximum Gasteiger partial charge on any atom is 0.264 e. The third-order valence-corrected chi connectivity index (χ3v) is 10.4. The molecule has 4 aromatic carbocycles. The lowest BCUT2D eigenvalue weighted by Gasteiger charge is -2.34. The highest BCUT2D eigenvalue weighted by atomic mass is 32.2. The summed E-state index contributed by atoms with van der Waals surface area (Å²) in [5.41, 5.74) is 1.73. The van der Waals surface area contributed by atoms with Crippen LogP contribution in [0.4, 0.5) is 10.1 Å². The van der Waals surface area contributed by atoms with Gasteiger partial charge in [-0.3, -0.25) is 13.9 Å². The predicted molar refractivity (Wildman–Crippen MR) is 180 cm³/mol. The highest BCUT2D eigenvalue weighted by molar-refractivity contribution is 7.92. The van der Waals surface area contributed by atoms with E-state index in [0.717, 1.165) is 53.2 Å². The molecule has 9 nitrogen and oxygen atoms in total. The molecule has 1 heterocycles. The van der Waals surface area contributed by atoms with Gasteiger partial charge in [-0.25, -0.2) is 12.8 Å². The van der Waals surface area contributed by atoms with E-state index >= 15 is 0 Å². The molecule has 6 rings (SSSR count). The van der Waals surface area contributed by atoms with Crippen molar-refractivity contribution < 1.29 is 31.9 Å². The third kappa shape index (κ3) is 7.79. The van der Waals surface area contributed by atoms with Crippen molar-refractivity contribution in [3.05, 3.63) is 120 Å². The molecule has 1 fully saturated rings. The second kappa shape index (κ2) is 14.9. The molecule has 48 heavy (non-hydrogen) atoms. The zero-order chi connectivity index (χ0) is 33.5. The molecule has 0 spiro atoms. The minimum atomic E-state index is -4.40. The van der Waals surface area contributed by atoms with Crippen LogP contribution in [-0.4, -0.2) is 57.0 Å². The highest BCUT2D eigenvalue weighted by Crippen LogP contribution is 2.34. The number of fused-ring (bicyclic) bond motifs is 1. The number of amides is 2. The minimum absolute atomic E-state index is 0.00995. The summed E-state index contributed by atoms with van der Waals surface area (Å²) in [7, 11) is -4.40. The standard InChI is InChI=1S/C37H38FN3O6S/c38-29-15-17-31(18-16-29)41(48(44,45)32-19-20-34-35(24-32)47-22-21-46-34)26-36(42)40(25-28-11-5-2-6-12-28)33(23-27-9-3-1-4-10-27)37(43)39-30-13-7-8-14-30/h1-6,9-12,15-20,24,30,33H,7-8,13-14,21-23,25-26H2,(H,39,43)/t33-/m0/s1. The van der Waals surface area contributed by atoms with Gasteiger partial charge in [0.15, 0.2) is 11.5 Å². The second-order valence-electron chi connectivity index (χ2n) is 12.0. The SMILES string of the molecule is O=C(NC1CCCC1)[C@H](Cc1ccccc1)N(Cc1ccccc1)C(=O)CN(c1ccc(F)cc1)S(=O)(=O)c1ccc2c(c1)OCCO2. The monoisotopic (exact) mass is 671 g/mol. The number of ether oxygens (including phenoxy) is 2. The first-order valence-corrected chi connectivity index (χ1v) is 17.6. The van der Waals surface area contributed by atoms with E-state index in [2.05, 4.69) is 5.32 Å². The number of benzene rings is 4. The fraction of sp³-hybridized carbons (Fsp3) is 0.297. The molecule has 2 amide bonds. The molecule has 4 aromatic rings. The number of halogens is 1. The van der Waals surface area contributed by atoms with Crippen LogP contribution in [-0.2, 0) is 32.6 Å². The lowest BCUT2D eigenvalue weighted by atomic mass is 10.0. The zero-order valence-electron chi connectivity index (χ0n) is 26.5. The van der Waals surface area contributed by atoms with E-state index in [1.165, 1.54) is 35.2 Å². The van der Waals surface area contributed by atoms with Gasteiger partial charge in [0.2, 0.25) is 11.8 Å². The fourth-order valence-electron chi connectivity index (χ4n) is 6.15. The molecule has 0 bridgehead atoms. The predicted octanol–water partition coefficient (Wildman–Crippen LogP) is 5.49. The van der Waals surface area contributed by atoms with Gasteiger partial charge in [0.05, 0.1) is 10.6 Å². The summed E-state index contributed by atoms with van der Waals surface area (Å²) in [6.45, 7) is 0.0235. The number of carbonyl (C=O) groups is 2. The number of sulfonamides is 1. The average molecular weight is 672 g/mol. The molecule has 0 unspecified atom stereocenters. The summed E-state index contributed by atoms with van der Waals surface area (Å²) in [4.78, 5) is 30.0. The van der Waals surface area contributed by atoms with Crippen molar-refractivity contribution >= 4 is 27.5 Å². The van der Waals surface area contributed by atoms with Crippen molar-refractivity contribution in [2.45, 2.75) is 55.6 Å². The summed E-state index contributed by atoms with van der Waals surface area (Å²) >= 11 is 0. The number of carbonyl (C=O) groups excluding carboxylic acids is 2. The Hall–Kier alpha value is -4.90.